The number of pyridine rings is 2. The number of thioether (sulfide) groups is 1. The van der Waals surface area contributed by atoms with E-state index in [0.29, 0.717) is 5.69 Å². The van der Waals surface area contributed by atoms with Gasteiger partial charge in [0.2, 0.25) is 0 Å². The molecule has 3 heterocycles. The number of nitrogens with zero attached hydrogens (tertiary/aromatic N) is 2. The quantitative estimate of drug-likeness (QED) is 0.794. The molecule has 1 aliphatic heterocycles. The highest BCUT2D eigenvalue weighted by atomic mass is 32.2. The number of aromatic nitrogens is 2. The van der Waals surface area contributed by atoms with E-state index in [1.807, 2.05) is 43.0 Å². The first kappa shape index (κ1) is 15.0. The van der Waals surface area contributed by atoms with Gasteiger partial charge in [-0.25, -0.2) is 4.98 Å². The fraction of sp³-hybridized carbons (Fsp3) is 0.353. The van der Waals surface area contributed by atoms with Gasteiger partial charge >= 0.3 is 0 Å². The molecule has 1 fully saturated rings. The van der Waals surface area contributed by atoms with E-state index in [9.17, 15) is 4.79 Å². The molecule has 1 aliphatic rings. The summed E-state index contributed by atoms with van der Waals surface area (Å²) in [6, 6.07) is 9.21. The van der Waals surface area contributed by atoms with Crippen molar-refractivity contribution in [2.24, 2.45) is 0 Å². The Hall–Kier alpha value is -1.88. The summed E-state index contributed by atoms with van der Waals surface area (Å²) >= 11 is 1.90. The Morgan fingerprint density at radius 1 is 1.41 bits per heavy atom. The van der Waals surface area contributed by atoms with Crippen LogP contribution in [0.15, 0.2) is 36.5 Å². The molecule has 0 bridgehead atoms. The van der Waals surface area contributed by atoms with Crippen LogP contribution in [-0.4, -0.2) is 33.4 Å². The van der Waals surface area contributed by atoms with Crippen LogP contribution in [-0.2, 0) is 6.42 Å². The molecule has 0 saturated carbocycles. The molecule has 0 N–H and O–H groups in total. The lowest BCUT2D eigenvalue weighted by Crippen LogP contribution is -2.16. The number of ether oxygens (including phenoxy) is 1. The van der Waals surface area contributed by atoms with Crippen LogP contribution < -0.4 is 4.74 Å². The summed E-state index contributed by atoms with van der Waals surface area (Å²) in [6.45, 7) is 1.88. The molecule has 0 aromatic carbocycles. The average Bonchev–Trinajstić information content (AvgIpc) is 3.00. The summed E-state index contributed by atoms with van der Waals surface area (Å²) in [6.07, 6.45) is 3.25. The van der Waals surface area contributed by atoms with E-state index in [-0.39, 0.29) is 18.3 Å². The molecular weight excluding hydrogens is 296 g/mol. The number of Topliss-reactive ketones (excluding diaryl/α,β-unsaturated/α-hetero) is 1. The molecule has 2 aromatic rings. The van der Waals surface area contributed by atoms with Crippen LogP contribution >= 0.6 is 11.8 Å². The normalized spacial score (nSPS) is 17.4. The molecular formula is C17H18N2O2S. The highest BCUT2D eigenvalue weighted by Gasteiger charge is 2.18. The summed E-state index contributed by atoms with van der Waals surface area (Å²) in [4.78, 5) is 20.9. The molecule has 4 nitrogen and oxygen atoms in total. The molecule has 1 atom stereocenters. The molecule has 5 heteroatoms. The van der Waals surface area contributed by atoms with Crippen LogP contribution in [0.4, 0.5) is 0 Å². The fourth-order valence-corrected chi connectivity index (χ4v) is 3.50. The van der Waals surface area contributed by atoms with Crippen molar-refractivity contribution in [1.29, 1.82) is 0 Å². The maximum absolute atomic E-state index is 12.4. The standard InChI is InChI=1S/C17H18N2O2S/c1-12-8-15(21-14-5-7-22-11-14)10-16(19-12)17(20)9-13-4-2-3-6-18-13/h2-4,6,8,10,14H,5,7,9,11H2,1H3. The van der Waals surface area contributed by atoms with Crippen LogP contribution in [0.2, 0.25) is 0 Å². The van der Waals surface area contributed by atoms with Gasteiger partial charge < -0.3 is 4.74 Å². The Kier molecular flexibility index (Phi) is 4.73. The summed E-state index contributed by atoms with van der Waals surface area (Å²) in [7, 11) is 0. The van der Waals surface area contributed by atoms with Crippen molar-refractivity contribution in [1.82, 2.24) is 9.97 Å². The summed E-state index contributed by atoms with van der Waals surface area (Å²) in [5.41, 5.74) is 2.00. The summed E-state index contributed by atoms with van der Waals surface area (Å²) < 4.78 is 5.97. The first-order valence-electron chi connectivity index (χ1n) is 7.37. The molecule has 3 rings (SSSR count). The van der Waals surface area contributed by atoms with Gasteiger partial charge in [-0.05, 0) is 31.2 Å². The average molecular weight is 314 g/mol. The third-order valence-corrected chi connectivity index (χ3v) is 4.60. The molecule has 1 unspecified atom stereocenters. The highest BCUT2D eigenvalue weighted by molar-refractivity contribution is 7.99. The van der Waals surface area contributed by atoms with Crippen LogP contribution in [0.1, 0.15) is 28.3 Å². The Balaban J connectivity index is 1.75. The Bertz CT molecular complexity index is 655. The van der Waals surface area contributed by atoms with E-state index < -0.39 is 0 Å². The van der Waals surface area contributed by atoms with Gasteiger partial charge in [0.15, 0.2) is 5.78 Å². The summed E-state index contributed by atoms with van der Waals surface area (Å²) in [5.74, 6) is 2.86. The predicted molar refractivity (Wildman–Crippen MR) is 87.6 cm³/mol. The molecule has 2 aromatic heterocycles. The topological polar surface area (TPSA) is 52.1 Å². The number of carbonyl (C=O) groups excluding carboxylic acids is 1. The third kappa shape index (κ3) is 3.85. The van der Waals surface area contributed by atoms with Crippen molar-refractivity contribution in [3.05, 3.63) is 53.6 Å². The molecule has 1 saturated heterocycles. The van der Waals surface area contributed by atoms with E-state index in [1.54, 1.807) is 12.3 Å². The van der Waals surface area contributed by atoms with Gasteiger partial charge in [-0.15, -0.1) is 0 Å². The first-order chi connectivity index (χ1) is 10.7. The lowest BCUT2D eigenvalue weighted by molar-refractivity contribution is 0.0986. The van der Waals surface area contributed by atoms with Gasteiger partial charge in [0.1, 0.15) is 17.5 Å². The lowest BCUT2D eigenvalue weighted by atomic mass is 10.1. The number of rotatable bonds is 5. The third-order valence-electron chi connectivity index (χ3n) is 3.47. The monoisotopic (exact) mass is 314 g/mol. The minimum absolute atomic E-state index is 0.0342. The molecule has 0 amide bonds. The zero-order chi connectivity index (χ0) is 15.4. The molecule has 0 radical (unpaired) electrons. The Morgan fingerprint density at radius 2 is 2.32 bits per heavy atom. The zero-order valence-electron chi connectivity index (χ0n) is 12.5. The highest BCUT2D eigenvalue weighted by Crippen LogP contribution is 2.24. The van der Waals surface area contributed by atoms with E-state index in [1.165, 1.54) is 0 Å². The second-order valence-corrected chi connectivity index (χ2v) is 6.50. The van der Waals surface area contributed by atoms with E-state index in [4.69, 9.17) is 4.74 Å². The number of ketones is 1. The zero-order valence-corrected chi connectivity index (χ0v) is 13.3. The predicted octanol–water partition coefficient (Wildman–Crippen LogP) is 3.09. The Labute approximate surface area is 134 Å². The van der Waals surface area contributed by atoms with Gasteiger partial charge in [-0.1, -0.05) is 6.07 Å². The van der Waals surface area contributed by atoms with Crippen LogP contribution in [0.25, 0.3) is 0 Å². The Morgan fingerprint density at radius 3 is 3.05 bits per heavy atom. The first-order valence-corrected chi connectivity index (χ1v) is 8.52. The second kappa shape index (κ2) is 6.92. The molecule has 0 spiro atoms. The number of hydrogen-bond donors (Lipinski definition) is 0. The van der Waals surface area contributed by atoms with Gasteiger partial charge in [-0.2, -0.15) is 11.8 Å². The maximum atomic E-state index is 12.4. The van der Waals surface area contributed by atoms with Crippen LogP contribution in [0.3, 0.4) is 0 Å². The number of aryl methyl sites for hydroxylation is 1. The van der Waals surface area contributed by atoms with Gasteiger partial charge in [0.05, 0.1) is 6.42 Å². The summed E-state index contributed by atoms with van der Waals surface area (Å²) in [5, 5.41) is 0. The fourth-order valence-electron chi connectivity index (χ4n) is 2.40. The smallest absolute Gasteiger partial charge is 0.187 e. The van der Waals surface area contributed by atoms with Crippen LogP contribution in [0.5, 0.6) is 5.75 Å². The van der Waals surface area contributed by atoms with E-state index >= 15 is 0 Å². The van der Waals surface area contributed by atoms with Crippen molar-refractivity contribution in [2.75, 3.05) is 11.5 Å². The van der Waals surface area contributed by atoms with E-state index in [0.717, 1.165) is 35.1 Å². The number of hydrogen-bond acceptors (Lipinski definition) is 5. The van der Waals surface area contributed by atoms with Crippen molar-refractivity contribution in [3.8, 4) is 5.75 Å². The largest absolute Gasteiger partial charge is 0.489 e. The molecule has 22 heavy (non-hydrogen) atoms. The second-order valence-electron chi connectivity index (χ2n) is 5.35. The van der Waals surface area contributed by atoms with Crippen molar-refractivity contribution in [2.45, 2.75) is 25.9 Å². The minimum Gasteiger partial charge on any atom is -0.489 e. The lowest BCUT2D eigenvalue weighted by Gasteiger charge is -2.13. The van der Waals surface area contributed by atoms with Crippen molar-refractivity contribution >= 4 is 17.5 Å². The van der Waals surface area contributed by atoms with Crippen LogP contribution in [0, 0.1) is 6.92 Å². The minimum atomic E-state index is -0.0342. The van der Waals surface area contributed by atoms with E-state index in [2.05, 4.69) is 9.97 Å². The SMILES string of the molecule is Cc1cc(OC2CCSC2)cc(C(=O)Cc2ccccn2)n1. The molecule has 0 aliphatic carbocycles. The van der Waals surface area contributed by atoms with Gasteiger partial charge in [0.25, 0.3) is 0 Å². The maximum Gasteiger partial charge on any atom is 0.187 e. The van der Waals surface area contributed by atoms with Gasteiger partial charge in [0, 0.05) is 35.5 Å². The van der Waals surface area contributed by atoms with Gasteiger partial charge in [-0.3, -0.25) is 9.78 Å². The van der Waals surface area contributed by atoms with Crippen molar-refractivity contribution in [3.63, 3.8) is 0 Å². The molecule has 114 valence electrons. The van der Waals surface area contributed by atoms with Crippen molar-refractivity contribution < 1.29 is 9.53 Å². The number of carbonyl (C=O) groups is 1.